The Morgan fingerprint density at radius 3 is 2.47 bits per heavy atom. The molecule has 0 fully saturated rings. The zero-order valence-corrected chi connectivity index (χ0v) is 12.5. The second-order valence-corrected chi connectivity index (χ2v) is 6.89. The van der Waals surface area contributed by atoms with E-state index in [1.54, 1.807) is 6.07 Å². The normalized spacial score (nSPS) is 14.2. The first-order valence-electron chi connectivity index (χ1n) is 6.01. The van der Waals surface area contributed by atoms with Crippen molar-refractivity contribution in [3.63, 3.8) is 0 Å². The molecule has 5 heteroatoms. The van der Waals surface area contributed by atoms with Crippen LogP contribution in [-0.4, -0.2) is 12.1 Å². The number of fused-ring (bicyclic) bond motifs is 1. The Bertz CT molecular complexity index is 586. The number of halogens is 1. The number of amides is 1. The minimum atomic E-state index is -0.382. The molecule has 98 valence electrons. The molecule has 0 bridgehead atoms. The number of benzene rings is 1. The SMILES string of the molecule is O=C(NC1Cc2ccccc2C1)Oc1ccc(Br)s1. The van der Waals surface area contributed by atoms with Crippen LogP contribution in [0.15, 0.2) is 40.2 Å². The van der Waals surface area contributed by atoms with E-state index in [4.69, 9.17) is 4.74 Å². The van der Waals surface area contributed by atoms with Gasteiger partial charge in [-0.15, -0.1) is 0 Å². The summed E-state index contributed by atoms with van der Waals surface area (Å²) in [6.07, 6.45) is 1.37. The average Bonchev–Trinajstić information content (AvgIpc) is 2.94. The molecule has 1 N–H and O–H groups in total. The smallest absolute Gasteiger partial charge is 0.399 e. The maximum atomic E-state index is 11.8. The van der Waals surface area contributed by atoms with Crippen molar-refractivity contribution in [3.8, 4) is 5.06 Å². The summed E-state index contributed by atoms with van der Waals surface area (Å²) in [4.78, 5) is 11.8. The van der Waals surface area contributed by atoms with E-state index in [2.05, 4.69) is 33.4 Å². The van der Waals surface area contributed by atoms with E-state index in [0.29, 0.717) is 5.06 Å². The lowest BCUT2D eigenvalue weighted by Crippen LogP contribution is -2.37. The molecule has 2 aromatic rings. The van der Waals surface area contributed by atoms with Crippen molar-refractivity contribution >= 4 is 33.4 Å². The van der Waals surface area contributed by atoms with Gasteiger partial charge in [-0.05, 0) is 52.0 Å². The molecule has 3 rings (SSSR count). The third kappa shape index (κ3) is 2.98. The van der Waals surface area contributed by atoms with E-state index < -0.39 is 0 Å². The van der Waals surface area contributed by atoms with Crippen LogP contribution in [-0.2, 0) is 12.8 Å². The van der Waals surface area contributed by atoms with Gasteiger partial charge in [-0.1, -0.05) is 35.6 Å². The molecular formula is C14H12BrNO2S. The molecule has 0 saturated carbocycles. The fourth-order valence-corrected chi connectivity index (χ4v) is 3.49. The minimum absolute atomic E-state index is 0.133. The molecule has 1 aliphatic rings. The third-order valence-electron chi connectivity index (χ3n) is 3.11. The molecule has 19 heavy (non-hydrogen) atoms. The van der Waals surface area contributed by atoms with E-state index in [9.17, 15) is 4.79 Å². The molecule has 1 amide bonds. The number of thiophene rings is 1. The summed E-state index contributed by atoms with van der Waals surface area (Å²) in [7, 11) is 0. The Balaban J connectivity index is 1.57. The predicted molar refractivity (Wildman–Crippen MR) is 78.8 cm³/mol. The van der Waals surface area contributed by atoms with E-state index >= 15 is 0 Å². The molecule has 1 heterocycles. The van der Waals surface area contributed by atoms with Crippen LogP contribution < -0.4 is 10.1 Å². The summed E-state index contributed by atoms with van der Waals surface area (Å²) in [5, 5.41) is 3.51. The van der Waals surface area contributed by atoms with E-state index in [1.807, 2.05) is 18.2 Å². The summed E-state index contributed by atoms with van der Waals surface area (Å²) in [5.41, 5.74) is 2.62. The lowest BCUT2D eigenvalue weighted by Gasteiger charge is -2.11. The van der Waals surface area contributed by atoms with Gasteiger partial charge in [0, 0.05) is 6.04 Å². The van der Waals surface area contributed by atoms with Crippen LogP contribution in [0.2, 0.25) is 0 Å². The van der Waals surface area contributed by atoms with Gasteiger partial charge in [0.15, 0.2) is 5.06 Å². The largest absolute Gasteiger partial charge is 0.413 e. The fraction of sp³-hybridized carbons (Fsp3) is 0.214. The van der Waals surface area contributed by atoms with Crippen LogP contribution in [0, 0.1) is 0 Å². The topological polar surface area (TPSA) is 38.3 Å². The van der Waals surface area contributed by atoms with Crippen molar-refractivity contribution in [2.45, 2.75) is 18.9 Å². The number of hydrogen-bond acceptors (Lipinski definition) is 3. The Morgan fingerprint density at radius 1 is 1.21 bits per heavy atom. The summed E-state index contributed by atoms with van der Waals surface area (Å²) in [5.74, 6) is 0. The van der Waals surface area contributed by atoms with Gasteiger partial charge in [0.25, 0.3) is 0 Å². The Hall–Kier alpha value is -1.33. The van der Waals surface area contributed by atoms with Gasteiger partial charge in [-0.3, -0.25) is 0 Å². The van der Waals surface area contributed by atoms with Crippen molar-refractivity contribution < 1.29 is 9.53 Å². The van der Waals surface area contributed by atoms with Crippen LogP contribution in [0.3, 0.4) is 0 Å². The van der Waals surface area contributed by atoms with Gasteiger partial charge in [-0.2, -0.15) is 0 Å². The van der Waals surface area contributed by atoms with Crippen LogP contribution in [0.5, 0.6) is 5.06 Å². The Kier molecular flexibility index (Phi) is 3.57. The first-order chi connectivity index (χ1) is 9.20. The zero-order valence-electron chi connectivity index (χ0n) is 10.1. The number of carbonyl (C=O) groups is 1. The van der Waals surface area contributed by atoms with Gasteiger partial charge in [-0.25, -0.2) is 4.79 Å². The summed E-state index contributed by atoms with van der Waals surface area (Å²) in [6, 6.07) is 12.0. The molecule has 0 unspecified atom stereocenters. The number of carbonyl (C=O) groups excluding carboxylic acids is 1. The molecule has 0 aliphatic heterocycles. The van der Waals surface area contributed by atoms with Gasteiger partial charge in [0.1, 0.15) is 0 Å². The maximum absolute atomic E-state index is 11.8. The number of nitrogens with one attached hydrogen (secondary N) is 1. The standard InChI is InChI=1S/C14H12BrNO2S/c15-12-5-6-13(19-12)18-14(17)16-11-7-9-3-1-2-4-10(9)8-11/h1-6,11H,7-8H2,(H,16,17). The first-order valence-corrected chi connectivity index (χ1v) is 7.62. The zero-order chi connectivity index (χ0) is 13.2. The molecule has 0 spiro atoms. The van der Waals surface area contributed by atoms with Crippen LogP contribution in [0.25, 0.3) is 0 Å². The van der Waals surface area contributed by atoms with Crippen molar-refractivity contribution in [2.75, 3.05) is 0 Å². The third-order valence-corrected chi connectivity index (χ3v) is 4.62. The summed E-state index contributed by atoms with van der Waals surface area (Å²) >= 11 is 4.73. The first kappa shape index (κ1) is 12.7. The lowest BCUT2D eigenvalue weighted by atomic mass is 10.1. The van der Waals surface area contributed by atoms with Crippen LogP contribution in [0.1, 0.15) is 11.1 Å². The second-order valence-electron chi connectivity index (χ2n) is 4.47. The molecule has 1 aromatic heterocycles. The van der Waals surface area contributed by atoms with Crippen molar-refractivity contribution in [3.05, 3.63) is 51.3 Å². The fourth-order valence-electron chi connectivity index (χ4n) is 2.30. The maximum Gasteiger partial charge on any atom is 0.413 e. The number of hydrogen-bond donors (Lipinski definition) is 1. The monoisotopic (exact) mass is 337 g/mol. The van der Waals surface area contributed by atoms with Crippen molar-refractivity contribution in [1.29, 1.82) is 0 Å². The highest BCUT2D eigenvalue weighted by Gasteiger charge is 2.23. The molecule has 0 atom stereocenters. The molecule has 0 saturated heterocycles. The molecule has 1 aliphatic carbocycles. The van der Waals surface area contributed by atoms with Gasteiger partial charge >= 0.3 is 6.09 Å². The number of rotatable bonds is 2. The molecule has 1 aromatic carbocycles. The second kappa shape index (κ2) is 5.35. The molecule has 3 nitrogen and oxygen atoms in total. The van der Waals surface area contributed by atoms with Gasteiger partial charge in [0.2, 0.25) is 0 Å². The number of ether oxygens (including phenoxy) is 1. The highest BCUT2D eigenvalue weighted by atomic mass is 79.9. The lowest BCUT2D eigenvalue weighted by molar-refractivity contribution is 0.198. The Morgan fingerprint density at radius 2 is 1.89 bits per heavy atom. The van der Waals surface area contributed by atoms with Crippen molar-refractivity contribution in [1.82, 2.24) is 5.32 Å². The quantitative estimate of drug-likeness (QED) is 0.905. The van der Waals surface area contributed by atoms with E-state index in [0.717, 1.165) is 16.6 Å². The van der Waals surface area contributed by atoms with Gasteiger partial charge in [0.05, 0.1) is 3.79 Å². The van der Waals surface area contributed by atoms with Gasteiger partial charge < -0.3 is 10.1 Å². The predicted octanol–water partition coefficient (Wildman–Crippen LogP) is 3.77. The average molecular weight is 338 g/mol. The summed E-state index contributed by atoms with van der Waals surface area (Å²) in [6.45, 7) is 0. The van der Waals surface area contributed by atoms with E-state index in [-0.39, 0.29) is 12.1 Å². The highest BCUT2D eigenvalue weighted by molar-refractivity contribution is 9.11. The highest BCUT2D eigenvalue weighted by Crippen LogP contribution is 2.29. The molecule has 0 radical (unpaired) electrons. The van der Waals surface area contributed by atoms with Crippen LogP contribution in [0.4, 0.5) is 4.79 Å². The molecular weight excluding hydrogens is 326 g/mol. The van der Waals surface area contributed by atoms with Crippen LogP contribution >= 0.6 is 27.3 Å². The van der Waals surface area contributed by atoms with Crippen molar-refractivity contribution in [2.24, 2.45) is 0 Å². The Labute approximate surface area is 123 Å². The van der Waals surface area contributed by atoms with E-state index in [1.165, 1.54) is 22.5 Å². The minimum Gasteiger partial charge on any atom is -0.399 e. The summed E-state index contributed by atoms with van der Waals surface area (Å²) < 4.78 is 6.18.